The van der Waals surface area contributed by atoms with Crippen LogP contribution in [0.4, 0.5) is 5.69 Å². The molecule has 1 rings (SSSR count). The molecule has 1 aromatic rings. The first-order chi connectivity index (χ1) is 8.45. The van der Waals surface area contributed by atoms with Crippen LogP contribution in [-0.2, 0) is 11.3 Å². The van der Waals surface area contributed by atoms with Crippen molar-refractivity contribution in [1.29, 1.82) is 0 Å². The Morgan fingerprint density at radius 3 is 2.83 bits per heavy atom. The molecule has 0 aliphatic carbocycles. The summed E-state index contributed by atoms with van der Waals surface area (Å²) in [5, 5.41) is 10.6. The average molecular weight is 319 g/mol. The second-order valence-corrected chi connectivity index (χ2v) is 4.39. The number of hydrogen-bond donors (Lipinski definition) is 2. The number of rotatable bonds is 5. The Labute approximate surface area is 110 Å². The third kappa shape index (κ3) is 3.64. The van der Waals surface area contributed by atoms with Crippen LogP contribution in [0.2, 0.25) is 0 Å². The van der Waals surface area contributed by atoms with Crippen LogP contribution in [0.1, 0.15) is 12.8 Å². The van der Waals surface area contributed by atoms with E-state index < -0.39 is 16.2 Å². The highest BCUT2D eigenvalue weighted by Crippen LogP contribution is 2.14. The molecule has 0 spiro atoms. The Bertz CT molecular complexity index is 528. The first kappa shape index (κ1) is 14.3. The van der Waals surface area contributed by atoms with Crippen molar-refractivity contribution in [2.75, 3.05) is 0 Å². The number of amides is 1. The maximum atomic E-state index is 11.7. The third-order valence-electron chi connectivity index (χ3n) is 2.19. The lowest BCUT2D eigenvalue weighted by Crippen LogP contribution is -2.30. The van der Waals surface area contributed by atoms with Crippen molar-refractivity contribution in [2.24, 2.45) is 5.84 Å². The summed E-state index contributed by atoms with van der Waals surface area (Å²) in [7, 11) is 0. The van der Waals surface area contributed by atoms with Crippen molar-refractivity contribution < 1.29 is 9.72 Å². The lowest BCUT2D eigenvalue weighted by molar-refractivity contribution is -0.386. The zero-order valence-corrected chi connectivity index (χ0v) is 10.8. The fourth-order valence-corrected chi connectivity index (χ4v) is 1.83. The highest BCUT2D eigenvalue weighted by molar-refractivity contribution is 9.10. The summed E-state index contributed by atoms with van der Waals surface area (Å²) in [4.78, 5) is 32.5. The molecular formula is C9H11BrN4O4. The van der Waals surface area contributed by atoms with Crippen LogP contribution in [0.5, 0.6) is 0 Å². The van der Waals surface area contributed by atoms with Gasteiger partial charge in [0.2, 0.25) is 5.91 Å². The minimum Gasteiger partial charge on any atom is -0.308 e. The molecule has 1 amide bonds. The fraction of sp³-hybridized carbons (Fsp3) is 0.333. The summed E-state index contributed by atoms with van der Waals surface area (Å²) < 4.78 is 1.61. The Balaban J connectivity index is 2.86. The van der Waals surface area contributed by atoms with Crippen LogP contribution < -0.4 is 16.8 Å². The summed E-state index contributed by atoms with van der Waals surface area (Å²) in [6.45, 7) is 0.201. The second-order valence-electron chi connectivity index (χ2n) is 3.47. The Morgan fingerprint density at radius 1 is 1.61 bits per heavy atom. The molecule has 0 saturated carbocycles. The van der Waals surface area contributed by atoms with E-state index in [-0.39, 0.29) is 18.9 Å². The van der Waals surface area contributed by atoms with E-state index in [4.69, 9.17) is 5.84 Å². The zero-order chi connectivity index (χ0) is 13.7. The van der Waals surface area contributed by atoms with Gasteiger partial charge in [-0.05, 0) is 22.4 Å². The molecule has 9 heteroatoms. The number of carbonyl (C=O) groups is 1. The van der Waals surface area contributed by atoms with Gasteiger partial charge in [0.25, 0.3) is 0 Å². The fourth-order valence-electron chi connectivity index (χ4n) is 1.36. The molecule has 0 saturated heterocycles. The molecule has 0 aliphatic rings. The van der Waals surface area contributed by atoms with E-state index in [0.29, 0.717) is 10.9 Å². The van der Waals surface area contributed by atoms with Gasteiger partial charge in [-0.2, -0.15) is 0 Å². The van der Waals surface area contributed by atoms with E-state index in [9.17, 15) is 19.7 Å². The van der Waals surface area contributed by atoms with Gasteiger partial charge < -0.3 is 4.57 Å². The topological polar surface area (TPSA) is 120 Å². The molecule has 18 heavy (non-hydrogen) atoms. The van der Waals surface area contributed by atoms with E-state index in [1.807, 2.05) is 5.43 Å². The van der Waals surface area contributed by atoms with E-state index in [0.717, 1.165) is 6.07 Å². The summed E-state index contributed by atoms with van der Waals surface area (Å²) in [5.41, 5.74) is 0.758. The lowest BCUT2D eigenvalue weighted by Gasteiger charge is -2.05. The van der Waals surface area contributed by atoms with Crippen LogP contribution in [-0.4, -0.2) is 15.4 Å². The van der Waals surface area contributed by atoms with Gasteiger partial charge in [-0.1, -0.05) is 0 Å². The Kier molecular flexibility index (Phi) is 4.98. The smallest absolute Gasteiger partial charge is 0.308 e. The van der Waals surface area contributed by atoms with E-state index in [1.165, 1.54) is 10.8 Å². The molecule has 1 heterocycles. The minimum atomic E-state index is -0.740. The summed E-state index contributed by atoms with van der Waals surface area (Å²) in [5.74, 6) is 4.55. The quantitative estimate of drug-likeness (QED) is 0.350. The van der Waals surface area contributed by atoms with Crippen molar-refractivity contribution in [3.63, 3.8) is 0 Å². The molecule has 0 radical (unpaired) electrons. The predicted molar refractivity (Wildman–Crippen MR) is 66.6 cm³/mol. The number of aromatic nitrogens is 1. The number of nitro groups is 1. The average Bonchev–Trinajstić information content (AvgIpc) is 2.32. The predicted octanol–water partition coefficient (Wildman–Crippen LogP) is 0.289. The van der Waals surface area contributed by atoms with Crippen molar-refractivity contribution in [3.8, 4) is 0 Å². The number of hydrogen-bond acceptors (Lipinski definition) is 5. The summed E-state index contributed by atoms with van der Waals surface area (Å²) in [6, 6.07) is 1.14. The van der Waals surface area contributed by atoms with Gasteiger partial charge in [-0.3, -0.25) is 25.1 Å². The van der Waals surface area contributed by atoms with Crippen LogP contribution in [0.3, 0.4) is 0 Å². The number of nitrogens with zero attached hydrogens (tertiary/aromatic N) is 2. The first-order valence-corrected chi connectivity index (χ1v) is 5.79. The SMILES string of the molecule is NNC(=O)CCCn1cc(Br)cc([N+](=O)[O-])c1=O. The van der Waals surface area contributed by atoms with Crippen molar-refractivity contribution >= 4 is 27.5 Å². The van der Waals surface area contributed by atoms with Crippen molar-refractivity contribution in [3.05, 3.63) is 37.2 Å². The summed E-state index contributed by atoms with van der Waals surface area (Å²) in [6.07, 6.45) is 1.94. The zero-order valence-electron chi connectivity index (χ0n) is 9.26. The molecule has 3 N–H and O–H groups in total. The molecule has 0 unspecified atom stereocenters. The molecule has 0 aliphatic heterocycles. The molecule has 1 aromatic heterocycles. The van der Waals surface area contributed by atoms with E-state index >= 15 is 0 Å². The standard InChI is InChI=1S/C9H11BrN4O4/c10-6-4-7(14(17)18)9(16)13(5-6)3-1-2-8(15)12-11/h4-5H,1-3,11H2,(H,12,15). The van der Waals surface area contributed by atoms with Crippen molar-refractivity contribution in [1.82, 2.24) is 9.99 Å². The number of nitrogens with one attached hydrogen (secondary N) is 1. The van der Waals surface area contributed by atoms with Crippen LogP contribution in [0.25, 0.3) is 0 Å². The van der Waals surface area contributed by atoms with Gasteiger partial charge in [0.05, 0.1) is 4.92 Å². The number of carbonyl (C=O) groups excluding carboxylic acids is 1. The molecule has 0 fully saturated rings. The number of pyridine rings is 1. The molecule has 8 nitrogen and oxygen atoms in total. The molecule has 0 aromatic carbocycles. The maximum Gasteiger partial charge on any atom is 0.335 e. The molecule has 0 atom stereocenters. The Morgan fingerprint density at radius 2 is 2.28 bits per heavy atom. The number of aryl methyl sites for hydroxylation is 1. The third-order valence-corrected chi connectivity index (χ3v) is 2.63. The maximum absolute atomic E-state index is 11.7. The summed E-state index contributed by atoms with van der Waals surface area (Å²) >= 11 is 3.09. The first-order valence-electron chi connectivity index (χ1n) is 4.99. The highest BCUT2D eigenvalue weighted by Gasteiger charge is 2.15. The minimum absolute atomic E-state index is 0.142. The largest absolute Gasteiger partial charge is 0.335 e. The van der Waals surface area contributed by atoms with E-state index in [2.05, 4.69) is 15.9 Å². The molecular weight excluding hydrogens is 308 g/mol. The Hall–Kier alpha value is -1.74. The lowest BCUT2D eigenvalue weighted by atomic mass is 10.3. The highest BCUT2D eigenvalue weighted by atomic mass is 79.9. The van der Waals surface area contributed by atoms with E-state index in [1.54, 1.807) is 0 Å². The van der Waals surface area contributed by atoms with Gasteiger partial charge in [-0.25, -0.2) is 5.84 Å². The molecule has 0 bridgehead atoms. The monoisotopic (exact) mass is 318 g/mol. The normalized spacial score (nSPS) is 10.1. The van der Waals surface area contributed by atoms with Crippen LogP contribution in [0, 0.1) is 10.1 Å². The number of hydrazine groups is 1. The van der Waals surface area contributed by atoms with Gasteiger partial charge in [0.15, 0.2) is 0 Å². The van der Waals surface area contributed by atoms with Gasteiger partial charge in [-0.15, -0.1) is 0 Å². The van der Waals surface area contributed by atoms with Gasteiger partial charge in [0.1, 0.15) is 0 Å². The van der Waals surface area contributed by atoms with Crippen LogP contribution >= 0.6 is 15.9 Å². The number of halogens is 1. The van der Waals surface area contributed by atoms with Gasteiger partial charge in [0, 0.05) is 29.7 Å². The second kappa shape index (κ2) is 6.26. The molecule has 98 valence electrons. The van der Waals surface area contributed by atoms with Gasteiger partial charge >= 0.3 is 11.2 Å². The van der Waals surface area contributed by atoms with Crippen LogP contribution in [0.15, 0.2) is 21.5 Å². The number of nitrogens with two attached hydrogens (primary N) is 1. The van der Waals surface area contributed by atoms with Crippen molar-refractivity contribution in [2.45, 2.75) is 19.4 Å².